The van der Waals surface area contributed by atoms with Gasteiger partial charge < -0.3 is 5.11 Å². The number of halogens is 2. The minimum atomic E-state index is -1.35. The molecule has 19 heavy (non-hydrogen) atoms. The molecule has 0 unspecified atom stereocenters. The lowest BCUT2D eigenvalue weighted by atomic mass is 10.1. The van der Waals surface area contributed by atoms with Gasteiger partial charge in [-0.1, -0.05) is 25.6 Å². The van der Waals surface area contributed by atoms with Gasteiger partial charge in [0.05, 0.1) is 5.56 Å². The van der Waals surface area contributed by atoms with Crippen molar-refractivity contribution in [2.24, 2.45) is 5.92 Å². The van der Waals surface area contributed by atoms with Crippen LogP contribution in [0.4, 0.5) is 4.39 Å². The van der Waals surface area contributed by atoms with Crippen molar-refractivity contribution in [2.75, 3.05) is 0 Å². The largest absolute Gasteiger partial charge is 0.478 e. The van der Waals surface area contributed by atoms with Crippen molar-refractivity contribution in [3.8, 4) is 0 Å². The fraction of sp³-hybridized carbons (Fsp3) is 0.385. The normalized spacial score (nSPS) is 10.8. The number of carboxylic acid groups (broad SMARTS) is 1. The molecular weight excluding hydrogens is 335 g/mol. The maximum Gasteiger partial charge on any atom is 0.338 e. The highest BCUT2D eigenvalue weighted by molar-refractivity contribution is 9.10. The summed E-state index contributed by atoms with van der Waals surface area (Å²) in [6.07, 6.45) is 1.19. The number of aromatic carboxylic acids is 1. The van der Waals surface area contributed by atoms with Crippen molar-refractivity contribution >= 4 is 38.8 Å². The molecule has 6 heteroatoms. The van der Waals surface area contributed by atoms with Gasteiger partial charge in [-0.3, -0.25) is 4.79 Å². The summed E-state index contributed by atoms with van der Waals surface area (Å²) in [6.45, 7) is 4.04. The Labute approximate surface area is 123 Å². The van der Waals surface area contributed by atoms with Crippen LogP contribution in [0.3, 0.4) is 0 Å². The first-order chi connectivity index (χ1) is 8.81. The van der Waals surface area contributed by atoms with E-state index in [0.717, 1.165) is 24.2 Å². The molecule has 0 spiro atoms. The summed E-state index contributed by atoms with van der Waals surface area (Å²) in [5, 5.41) is 8.78. The zero-order valence-electron chi connectivity index (χ0n) is 10.6. The van der Waals surface area contributed by atoms with Gasteiger partial charge in [-0.05, 0) is 40.4 Å². The second-order valence-corrected chi connectivity index (χ2v) is 6.43. The summed E-state index contributed by atoms with van der Waals surface area (Å²) in [5.74, 6) is -1.74. The highest BCUT2D eigenvalue weighted by Gasteiger charge is 2.16. The number of carbonyl (C=O) groups excluding carboxylic acids is 1. The van der Waals surface area contributed by atoms with E-state index < -0.39 is 17.3 Å². The number of hydrogen-bond acceptors (Lipinski definition) is 3. The molecule has 104 valence electrons. The van der Waals surface area contributed by atoms with E-state index in [9.17, 15) is 14.0 Å². The van der Waals surface area contributed by atoms with E-state index in [2.05, 4.69) is 15.9 Å². The van der Waals surface area contributed by atoms with Gasteiger partial charge in [-0.2, -0.15) is 0 Å². The SMILES string of the molecule is CC(C)CCC(=O)Sc1cc(C(=O)O)c(F)cc1Br. The molecule has 1 aromatic rings. The van der Waals surface area contributed by atoms with E-state index in [4.69, 9.17) is 5.11 Å². The summed E-state index contributed by atoms with van der Waals surface area (Å²) >= 11 is 4.07. The van der Waals surface area contributed by atoms with Crippen molar-refractivity contribution in [3.05, 3.63) is 28.0 Å². The maximum atomic E-state index is 13.4. The molecule has 0 fully saturated rings. The third-order valence-corrected chi connectivity index (χ3v) is 4.31. The van der Waals surface area contributed by atoms with E-state index in [-0.39, 0.29) is 5.12 Å². The van der Waals surface area contributed by atoms with Crippen LogP contribution >= 0.6 is 27.7 Å². The first-order valence-electron chi connectivity index (χ1n) is 5.74. The molecule has 0 aliphatic rings. The average molecular weight is 349 g/mol. The Balaban J connectivity index is 2.86. The van der Waals surface area contributed by atoms with Gasteiger partial charge in [-0.15, -0.1) is 0 Å². The van der Waals surface area contributed by atoms with E-state index in [0.29, 0.717) is 21.7 Å². The second-order valence-electron chi connectivity index (χ2n) is 4.47. The molecule has 1 N–H and O–H groups in total. The van der Waals surface area contributed by atoms with Crippen LogP contribution in [0.15, 0.2) is 21.5 Å². The minimum absolute atomic E-state index is 0.0580. The molecule has 1 aromatic carbocycles. The van der Waals surface area contributed by atoms with Gasteiger partial charge in [-0.25, -0.2) is 9.18 Å². The zero-order chi connectivity index (χ0) is 14.6. The topological polar surface area (TPSA) is 54.4 Å². The van der Waals surface area contributed by atoms with Crippen LogP contribution in [-0.2, 0) is 4.79 Å². The number of benzene rings is 1. The lowest BCUT2D eigenvalue weighted by molar-refractivity contribution is -0.111. The summed E-state index contributed by atoms with van der Waals surface area (Å²) in [6, 6.07) is 2.25. The first kappa shape index (κ1) is 16.2. The van der Waals surface area contributed by atoms with Crippen LogP contribution in [0, 0.1) is 11.7 Å². The van der Waals surface area contributed by atoms with Crippen molar-refractivity contribution in [1.82, 2.24) is 0 Å². The fourth-order valence-corrected chi connectivity index (χ4v) is 2.71. The van der Waals surface area contributed by atoms with Crippen LogP contribution < -0.4 is 0 Å². The van der Waals surface area contributed by atoms with E-state index in [1.54, 1.807) is 0 Å². The standard InChI is InChI=1S/C13H14BrFO3S/c1-7(2)3-4-12(16)19-11-5-8(13(17)18)10(15)6-9(11)14/h5-7H,3-4H2,1-2H3,(H,17,18). The third kappa shape index (κ3) is 4.95. The van der Waals surface area contributed by atoms with Crippen molar-refractivity contribution in [1.29, 1.82) is 0 Å². The number of hydrogen-bond donors (Lipinski definition) is 1. The second kappa shape index (κ2) is 7.05. The Morgan fingerprint density at radius 2 is 2.05 bits per heavy atom. The van der Waals surface area contributed by atoms with Crippen molar-refractivity contribution < 1.29 is 19.1 Å². The molecule has 0 aliphatic carbocycles. The molecule has 0 heterocycles. The number of carbonyl (C=O) groups is 2. The Morgan fingerprint density at radius 3 is 2.58 bits per heavy atom. The molecule has 0 atom stereocenters. The molecule has 1 rings (SSSR count). The van der Waals surface area contributed by atoms with Crippen molar-refractivity contribution in [2.45, 2.75) is 31.6 Å². The summed E-state index contributed by atoms with van der Waals surface area (Å²) < 4.78 is 13.8. The monoisotopic (exact) mass is 348 g/mol. The summed E-state index contributed by atoms with van der Waals surface area (Å²) in [5.41, 5.74) is -0.428. The summed E-state index contributed by atoms with van der Waals surface area (Å²) in [4.78, 5) is 23.0. The van der Waals surface area contributed by atoms with Gasteiger partial charge in [0, 0.05) is 15.8 Å². The predicted octanol–water partition coefficient (Wildman–Crippen LogP) is 4.34. The van der Waals surface area contributed by atoms with Crippen LogP contribution in [0.2, 0.25) is 0 Å². The van der Waals surface area contributed by atoms with Crippen LogP contribution in [0.1, 0.15) is 37.0 Å². The molecule has 0 amide bonds. The first-order valence-corrected chi connectivity index (χ1v) is 7.35. The van der Waals surface area contributed by atoms with Crippen LogP contribution in [0.5, 0.6) is 0 Å². The van der Waals surface area contributed by atoms with Gasteiger partial charge in [0.25, 0.3) is 0 Å². The van der Waals surface area contributed by atoms with Crippen LogP contribution in [0.25, 0.3) is 0 Å². The molecule has 0 aromatic heterocycles. The predicted molar refractivity (Wildman–Crippen MR) is 76.0 cm³/mol. The molecule has 0 saturated heterocycles. The minimum Gasteiger partial charge on any atom is -0.478 e. The summed E-state index contributed by atoms with van der Waals surface area (Å²) in [7, 11) is 0. The Morgan fingerprint density at radius 1 is 1.42 bits per heavy atom. The Hall–Kier alpha value is -0.880. The number of thioether (sulfide) groups is 1. The number of rotatable bonds is 5. The van der Waals surface area contributed by atoms with Gasteiger partial charge in [0.15, 0.2) is 5.12 Å². The highest BCUT2D eigenvalue weighted by Crippen LogP contribution is 2.31. The zero-order valence-corrected chi connectivity index (χ0v) is 13.0. The van der Waals surface area contributed by atoms with E-state index in [1.807, 2.05) is 13.8 Å². The molecular formula is C13H14BrFO3S. The molecule has 0 bridgehead atoms. The highest BCUT2D eigenvalue weighted by atomic mass is 79.9. The maximum absolute atomic E-state index is 13.4. The lowest BCUT2D eigenvalue weighted by Crippen LogP contribution is -2.02. The number of carboxylic acids is 1. The van der Waals surface area contributed by atoms with Crippen LogP contribution in [-0.4, -0.2) is 16.2 Å². The fourth-order valence-electron chi connectivity index (χ4n) is 1.35. The Bertz CT molecular complexity index is 503. The van der Waals surface area contributed by atoms with Crippen molar-refractivity contribution in [3.63, 3.8) is 0 Å². The van der Waals surface area contributed by atoms with Gasteiger partial charge >= 0.3 is 5.97 Å². The smallest absolute Gasteiger partial charge is 0.338 e. The third-order valence-electron chi connectivity index (χ3n) is 2.40. The average Bonchev–Trinajstić information content (AvgIpc) is 2.29. The molecule has 0 aliphatic heterocycles. The van der Waals surface area contributed by atoms with Gasteiger partial charge in [0.2, 0.25) is 0 Å². The quantitative estimate of drug-likeness (QED) is 0.804. The van der Waals surface area contributed by atoms with E-state index >= 15 is 0 Å². The lowest BCUT2D eigenvalue weighted by Gasteiger charge is -2.07. The molecule has 3 nitrogen and oxygen atoms in total. The van der Waals surface area contributed by atoms with E-state index in [1.165, 1.54) is 6.07 Å². The molecule has 0 radical (unpaired) electrons. The Kier molecular flexibility index (Phi) is 6.00. The molecule has 0 saturated carbocycles. The van der Waals surface area contributed by atoms with Gasteiger partial charge in [0.1, 0.15) is 5.82 Å².